The van der Waals surface area contributed by atoms with E-state index in [0.717, 1.165) is 35.6 Å². The van der Waals surface area contributed by atoms with Gasteiger partial charge in [0.1, 0.15) is 0 Å². The second-order valence-electron chi connectivity index (χ2n) is 7.73. The zero-order chi connectivity index (χ0) is 11.9. The third-order valence-electron chi connectivity index (χ3n) is 6.83. The molecule has 0 aromatic carbocycles. The van der Waals surface area contributed by atoms with Gasteiger partial charge in [0.2, 0.25) is 0 Å². The molecule has 4 rings (SSSR count). The van der Waals surface area contributed by atoms with Gasteiger partial charge in [0.05, 0.1) is 0 Å². The van der Waals surface area contributed by atoms with Crippen LogP contribution in [0.2, 0.25) is 0 Å². The molecule has 0 amide bonds. The van der Waals surface area contributed by atoms with Crippen LogP contribution in [0.5, 0.6) is 0 Å². The molecule has 1 saturated heterocycles. The molecule has 1 N–H and O–H groups in total. The second kappa shape index (κ2) is 4.81. The van der Waals surface area contributed by atoms with Crippen molar-refractivity contribution in [3.05, 3.63) is 0 Å². The van der Waals surface area contributed by atoms with Crippen LogP contribution in [0, 0.1) is 29.6 Å². The topological polar surface area (TPSA) is 12.0 Å². The SMILES string of the molecule is C1CCC2CC3CC4NCCCC4CC3CC2C1. The molecule has 1 aliphatic heterocycles. The van der Waals surface area contributed by atoms with E-state index in [1.807, 2.05) is 0 Å². The van der Waals surface area contributed by atoms with E-state index in [0.29, 0.717) is 0 Å². The molecule has 0 aromatic rings. The fourth-order valence-corrected chi connectivity index (χ4v) is 5.94. The van der Waals surface area contributed by atoms with Gasteiger partial charge in [-0.3, -0.25) is 0 Å². The van der Waals surface area contributed by atoms with Gasteiger partial charge in [0.15, 0.2) is 0 Å². The third-order valence-corrected chi connectivity index (χ3v) is 6.83. The average Bonchev–Trinajstić information content (AvgIpc) is 2.42. The highest BCUT2D eigenvalue weighted by atomic mass is 14.9. The lowest BCUT2D eigenvalue weighted by molar-refractivity contribution is 0.0121. The predicted molar refractivity (Wildman–Crippen MR) is 75.4 cm³/mol. The van der Waals surface area contributed by atoms with Crippen molar-refractivity contribution in [2.24, 2.45) is 29.6 Å². The maximum absolute atomic E-state index is 3.83. The number of hydrogen-bond acceptors (Lipinski definition) is 1. The van der Waals surface area contributed by atoms with E-state index in [4.69, 9.17) is 0 Å². The van der Waals surface area contributed by atoms with Crippen molar-refractivity contribution in [2.45, 2.75) is 70.3 Å². The highest BCUT2D eigenvalue weighted by Gasteiger charge is 2.44. The lowest BCUT2D eigenvalue weighted by atomic mass is 9.57. The number of rotatable bonds is 0. The number of piperidine rings is 1. The summed E-state index contributed by atoms with van der Waals surface area (Å²) in [6, 6.07) is 0.903. The van der Waals surface area contributed by atoms with Gasteiger partial charge in [-0.1, -0.05) is 25.7 Å². The first-order valence-electron chi connectivity index (χ1n) is 8.63. The molecule has 0 spiro atoms. The van der Waals surface area contributed by atoms with Crippen molar-refractivity contribution >= 4 is 0 Å². The van der Waals surface area contributed by atoms with Crippen molar-refractivity contribution in [1.29, 1.82) is 0 Å². The molecule has 0 bridgehead atoms. The molecule has 102 valence electrons. The van der Waals surface area contributed by atoms with Gasteiger partial charge in [-0.05, 0) is 74.7 Å². The van der Waals surface area contributed by atoms with E-state index in [2.05, 4.69) is 5.32 Å². The second-order valence-corrected chi connectivity index (χ2v) is 7.73. The van der Waals surface area contributed by atoms with Crippen LogP contribution in [0.25, 0.3) is 0 Å². The van der Waals surface area contributed by atoms with Crippen LogP contribution in [-0.4, -0.2) is 12.6 Å². The third kappa shape index (κ3) is 2.03. The van der Waals surface area contributed by atoms with Crippen LogP contribution in [-0.2, 0) is 0 Å². The van der Waals surface area contributed by atoms with Crippen LogP contribution in [0.1, 0.15) is 64.2 Å². The Labute approximate surface area is 112 Å². The van der Waals surface area contributed by atoms with Crippen LogP contribution in [0.15, 0.2) is 0 Å². The van der Waals surface area contributed by atoms with Crippen LogP contribution in [0.3, 0.4) is 0 Å². The molecule has 1 heterocycles. The van der Waals surface area contributed by atoms with E-state index in [1.165, 1.54) is 38.6 Å². The maximum Gasteiger partial charge on any atom is 0.00981 e. The van der Waals surface area contributed by atoms with Crippen LogP contribution in [0.4, 0.5) is 0 Å². The van der Waals surface area contributed by atoms with Crippen molar-refractivity contribution in [3.8, 4) is 0 Å². The van der Waals surface area contributed by atoms with Gasteiger partial charge in [-0.2, -0.15) is 0 Å². The summed E-state index contributed by atoms with van der Waals surface area (Å²) in [5.74, 6) is 5.51. The van der Waals surface area contributed by atoms with Gasteiger partial charge < -0.3 is 5.32 Å². The summed E-state index contributed by atoms with van der Waals surface area (Å²) >= 11 is 0. The quantitative estimate of drug-likeness (QED) is 0.682. The molecule has 1 heteroatoms. The molecule has 3 saturated carbocycles. The summed E-state index contributed by atoms with van der Waals surface area (Å²) in [6.45, 7) is 1.30. The minimum Gasteiger partial charge on any atom is -0.314 e. The Morgan fingerprint density at radius 3 is 1.94 bits per heavy atom. The zero-order valence-corrected chi connectivity index (χ0v) is 11.7. The first-order chi connectivity index (χ1) is 8.90. The van der Waals surface area contributed by atoms with E-state index in [1.54, 1.807) is 32.1 Å². The van der Waals surface area contributed by atoms with Crippen LogP contribution >= 0.6 is 0 Å². The zero-order valence-electron chi connectivity index (χ0n) is 11.7. The summed E-state index contributed by atoms with van der Waals surface area (Å²) in [5.41, 5.74) is 0. The fourth-order valence-electron chi connectivity index (χ4n) is 5.94. The highest BCUT2D eigenvalue weighted by Crippen LogP contribution is 2.51. The molecule has 18 heavy (non-hydrogen) atoms. The minimum atomic E-state index is 0.903. The molecule has 4 aliphatic rings. The minimum absolute atomic E-state index is 0.903. The van der Waals surface area contributed by atoms with Crippen molar-refractivity contribution in [2.75, 3.05) is 6.54 Å². The first kappa shape index (κ1) is 11.8. The molecule has 0 aromatic heterocycles. The van der Waals surface area contributed by atoms with Crippen molar-refractivity contribution in [3.63, 3.8) is 0 Å². The lowest BCUT2D eigenvalue weighted by Gasteiger charge is -2.51. The summed E-state index contributed by atoms with van der Waals surface area (Å²) in [5, 5.41) is 3.83. The van der Waals surface area contributed by atoms with Gasteiger partial charge in [0.25, 0.3) is 0 Å². The van der Waals surface area contributed by atoms with Gasteiger partial charge in [-0.25, -0.2) is 0 Å². The maximum atomic E-state index is 3.83. The molecular weight excluding hydrogens is 218 g/mol. The lowest BCUT2D eigenvalue weighted by Crippen LogP contribution is -2.50. The molecule has 6 unspecified atom stereocenters. The Bertz CT molecular complexity index is 242. The number of hydrogen-bond donors (Lipinski definition) is 1. The Kier molecular flexibility index (Phi) is 3.14. The molecule has 0 radical (unpaired) electrons. The van der Waals surface area contributed by atoms with Crippen molar-refractivity contribution in [1.82, 2.24) is 5.32 Å². The fraction of sp³-hybridized carbons (Fsp3) is 1.00. The Balaban J connectivity index is 1.46. The number of fused-ring (bicyclic) bond motifs is 3. The van der Waals surface area contributed by atoms with Gasteiger partial charge in [0, 0.05) is 6.04 Å². The summed E-state index contributed by atoms with van der Waals surface area (Å²) in [4.78, 5) is 0. The molecule has 4 fully saturated rings. The monoisotopic (exact) mass is 247 g/mol. The predicted octanol–water partition coefficient (Wildman–Crippen LogP) is 3.98. The smallest absolute Gasteiger partial charge is 0.00981 e. The molecule has 1 nitrogen and oxygen atoms in total. The Morgan fingerprint density at radius 1 is 0.556 bits per heavy atom. The summed E-state index contributed by atoms with van der Waals surface area (Å²) < 4.78 is 0. The van der Waals surface area contributed by atoms with E-state index >= 15 is 0 Å². The Morgan fingerprint density at radius 2 is 1.17 bits per heavy atom. The van der Waals surface area contributed by atoms with Crippen molar-refractivity contribution < 1.29 is 0 Å². The highest BCUT2D eigenvalue weighted by molar-refractivity contribution is 4.97. The Hall–Kier alpha value is -0.0400. The molecule has 6 atom stereocenters. The number of nitrogens with one attached hydrogen (secondary N) is 1. The molecular formula is C17H29N. The summed E-state index contributed by atoms with van der Waals surface area (Å²) in [7, 11) is 0. The van der Waals surface area contributed by atoms with Crippen LogP contribution < -0.4 is 5.32 Å². The van der Waals surface area contributed by atoms with Gasteiger partial charge in [-0.15, -0.1) is 0 Å². The normalized spacial score (nSPS) is 52.0. The molecule has 3 aliphatic carbocycles. The average molecular weight is 247 g/mol. The summed E-state index contributed by atoms with van der Waals surface area (Å²) in [6.07, 6.45) is 15.5. The standard InChI is InChI=1S/C17H29N/c1-2-5-13-9-16-11-17-14(6-3-7-18-17)10-15(16)8-12(13)4-1/h12-18H,1-11H2. The van der Waals surface area contributed by atoms with E-state index < -0.39 is 0 Å². The van der Waals surface area contributed by atoms with E-state index in [9.17, 15) is 0 Å². The largest absolute Gasteiger partial charge is 0.314 e. The van der Waals surface area contributed by atoms with Gasteiger partial charge >= 0.3 is 0 Å². The first-order valence-corrected chi connectivity index (χ1v) is 8.63. The van der Waals surface area contributed by atoms with E-state index in [-0.39, 0.29) is 0 Å².